The van der Waals surface area contributed by atoms with Gasteiger partial charge in [-0.2, -0.15) is 0 Å². The third-order valence-electron chi connectivity index (χ3n) is 2.77. The Labute approximate surface area is 100 Å². The summed E-state index contributed by atoms with van der Waals surface area (Å²) in [6.45, 7) is 1.94. The first-order chi connectivity index (χ1) is 7.43. The molecule has 0 aliphatic heterocycles. The zero-order valence-corrected chi connectivity index (χ0v) is 10.8. The lowest BCUT2D eigenvalue weighted by atomic mass is 10.2. The highest BCUT2D eigenvalue weighted by molar-refractivity contribution is 9.10. The van der Waals surface area contributed by atoms with Crippen LogP contribution in [0.1, 0.15) is 5.56 Å². The first-order valence-corrected chi connectivity index (χ1v) is 5.58. The molecule has 16 heavy (non-hydrogen) atoms. The summed E-state index contributed by atoms with van der Waals surface area (Å²) in [6.07, 6.45) is 0. The summed E-state index contributed by atoms with van der Waals surface area (Å²) in [5.41, 5.74) is 1.51. The average molecular weight is 283 g/mol. The molecule has 0 spiro atoms. The molecule has 0 saturated heterocycles. The van der Waals surface area contributed by atoms with Crippen LogP contribution in [-0.4, -0.2) is 9.13 Å². The van der Waals surface area contributed by atoms with E-state index in [9.17, 15) is 9.59 Å². The lowest BCUT2D eigenvalue weighted by molar-refractivity contribution is 0.798. The van der Waals surface area contributed by atoms with E-state index in [2.05, 4.69) is 15.9 Å². The number of fused-ring (bicyclic) bond motifs is 1. The summed E-state index contributed by atoms with van der Waals surface area (Å²) in [4.78, 5) is 23.2. The highest BCUT2D eigenvalue weighted by Crippen LogP contribution is 2.21. The largest absolute Gasteiger partial charge is 0.316 e. The Kier molecular flexibility index (Phi) is 2.50. The van der Waals surface area contributed by atoms with E-state index >= 15 is 0 Å². The standard InChI is InChI=1S/C11H11BrN2O2/c1-6-4-8-9(5-7(6)12)14(3)11(16)10(15)13(8)2/h4-5H,1-3H3. The third-order valence-corrected chi connectivity index (χ3v) is 3.63. The molecule has 1 heterocycles. The van der Waals surface area contributed by atoms with E-state index in [1.807, 2.05) is 19.1 Å². The Hall–Kier alpha value is -1.36. The molecule has 0 bridgehead atoms. The van der Waals surface area contributed by atoms with Crippen LogP contribution in [0.15, 0.2) is 26.2 Å². The van der Waals surface area contributed by atoms with Crippen LogP contribution in [0, 0.1) is 6.92 Å². The predicted octanol–water partition coefficient (Wildman–Crippen LogP) is 1.31. The summed E-state index contributed by atoms with van der Waals surface area (Å²) in [5, 5.41) is 0. The van der Waals surface area contributed by atoms with Crippen LogP contribution in [-0.2, 0) is 14.1 Å². The van der Waals surface area contributed by atoms with Crippen molar-refractivity contribution in [3.8, 4) is 0 Å². The molecule has 1 aromatic heterocycles. The van der Waals surface area contributed by atoms with Crippen molar-refractivity contribution in [2.45, 2.75) is 6.92 Å². The SMILES string of the molecule is Cc1cc2c(cc1Br)n(C)c(=O)c(=O)n2C. The van der Waals surface area contributed by atoms with Gasteiger partial charge in [-0.1, -0.05) is 15.9 Å². The summed E-state index contributed by atoms with van der Waals surface area (Å²) in [5.74, 6) is 0. The van der Waals surface area contributed by atoms with Crippen molar-refractivity contribution in [1.82, 2.24) is 9.13 Å². The van der Waals surface area contributed by atoms with Gasteiger partial charge in [-0.3, -0.25) is 9.59 Å². The van der Waals surface area contributed by atoms with Crippen molar-refractivity contribution in [3.63, 3.8) is 0 Å². The van der Waals surface area contributed by atoms with Gasteiger partial charge in [-0.15, -0.1) is 0 Å². The van der Waals surface area contributed by atoms with E-state index in [4.69, 9.17) is 0 Å². The van der Waals surface area contributed by atoms with Crippen LogP contribution in [0.3, 0.4) is 0 Å². The topological polar surface area (TPSA) is 44.0 Å². The number of aromatic nitrogens is 2. The van der Waals surface area contributed by atoms with Crippen LogP contribution >= 0.6 is 15.9 Å². The van der Waals surface area contributed by atoms with Gasteiger partial charge in [0, 0.05) is 18.6 Å². The maximum absolute atomic E-state index is 11.6. The normalized spacial score (nSPS) is 11.0. The lowest BCUT2D eigenvalue weighted by Crippen LogP contribution is -2.39. The Balaban J connectivity index is 3.15. The smallest absolute Gasteiger partial charge is 0.305 e. The maximum atomic E-state index is 11.6. The van der Waals surface area contributed by atoms with Gasteiger partial charge in [0.1, 0.15) is 0 Å². The molecule has 84 valence electrons. The Morgan fingerprint density at radius 3 is 1.94 bits per heavy atom. The van der Waals surface area contributed by atoms with Crippen molar-refractivity contribution in [1.29, 1.82) is 0 Å². The van der Waals surface area contributed by atoms with Gasteiger partial charge < -0.3 is 9.13 Å². The van der Waals surface area contributed by atoms with Crippen molar-refractivity contribution in [2.24, 2.45) is 14.1 Å². The molecule has 0 atom stereocenters. The Morgan fingerprint density at radius 1 is 1.00 bits per heavy atom. The summed E-state index contributed by atoms with van der Waals surface area (Å²) in [7, 11) is 3.22. The molecule has 5 heteroatoms. The Bertz CT molecular complexity index is 637. The van der Waals surface area contributed by atoms with Gasteiger partial charge >= 0.3 is 11.1 Å². The quantitative estimate of drug-likeness (QED) is 0.684. The first kappa shape index (κ1) is 11.1. The fourth-order valence-electron chi connectivity index (χ4n) is 1.70. The summed E-state index contributed by atoms with van der Waals surface area (Å²) in [6, 6.07) is 3.74. The van der Waals surface area contributed by atoms with Crippen LogP contribution in [0.2, 0.25) is 0 Å². The second-order valence-electron chi connectivity index (χ2n) is 3.82. The van der Waals surface area contributed by atoms with Gasteiger partial charge in [0.2, 0.25) is 0 Å². The van der Waals surface area contributed by atoms with E-state index < -0.39 is 11.1 Å². The van der Waals surface area contributed by atoms with E-state index in [0.29, 0.717) is 0 Å². The number of aryl methyl sites for hydroxylation is 3. The average Bonchev–Trinajstić information content (AvgIpc) is 2.26. The molecule has 0 N–H and O–H groups in total. The second-order valence-corrected chi connectivity index (χ2v) is 4.67. The summed E-state index contributed by atoms with van der Waals surface area (Å²) >= 11 is 3.42. The molecule has 1 aromatic carbocycles. The minimum absolute atomic E-state index is 0.503. The molecule has 0 fully saturated rings. The molecule has 0 amide bonds. The molecule has 0 saturated carbocycles. The zero-order chi connectivity index (χ0) is 12.0. The van der Waals surface area contributed by atoms with Gasteiger partial charge in [0.05, 0.1) is 11.0 Å². The van der Waals surface area contributed by atoms with Crippen molar-refractivity contribution < 1.29 is 0 Å². The van der Waals surface area contributed by atoms with Gasteiger partial charge in [-0.25, -0.2) is 0 Å². The lowest BCUT2D eigenvalue weighted by Gasteiger charge is -2.10. The maximum Gasteiger partial charge on any atom is 0.316 e. The Morgan fingerprint density at radius 2 is 1.44 bits per heavy atom. The number of hydrogen-bond donors (Lipinski definition) is 0. The highest BCUT2D eigenvalue weighted by Gasteiger charge is 2.09. The fraction of sp³-hybridized carbons (Fsp3) is 0.273. The molecule has 2 rings (SSSR count). The highest BCUT2D eigenvalue weighted by atomic mass is 79.9. The first-order valence-electron chi connectivity index (χ1n) is 4.79. The van der Waals surface area contributed by atoms with E-state index in [-0.39, 0.29) is 0 Å². The molecule has 2 aromatic rings. The molecule has 0 unspecified atom stereocenters. The predicted molar refractivity (Wildman–Crippen MR) is 66.9 cm³/mol. The molecule has 4 nitrogen and oxygen atoms in total. The number of rotatable bonds is 0. The van der Waals surface area contributed by atoms with Crippen molar-refractivity contribution >= 4 is 27.0 Å². The van der Waals surface area contributed by atoms with Crippen LogP contribution < -0.4 is 11.1 Å². The number of halogens is 1. The van der Waals surface area contributed by atoms with E-state index in [0.717, 1.165) is 21.1 Å². The zero-order valence-electron chi connectivity index (χ0n) is 9.24. The fourth-order valence-corrected chi connectivity index (χ4v) is 2.03. The minimum Gasteiger partial charge on any atom is -0.305 e. The van der Waals surface area contributed by atoms with Gasteiger partial charge in [0.25, 0.3) is 0 Å². The second kappa shape index (κ2) is 3.59. The molecule has 0 radical (unpaired) electrons. The molecule has 0 aliphatic rings. The summed E-state index contributed by atoms with van der Waals surface area (Å²) < 4.78 is 3.69. The number of nitrogens with zero attached hydrogens (tertiary/aromatic N) is 2. The van der Waals surface area contributed by atoms with E-state index in [1.165, 1.54) is 9.13 Å². The monoisotopic (exact) mass is 282 g/mol. The third kappa shape index (κ3) is 1.43. The van der Waals surface area contributed by atoms with Crippen LogP contribution in [0.4, 0.5) is 0 Å². The molecular weight excluding hydrogens is 272 g/mol. The van der Waals surface area contributed by atoms with Crippen molar-refractivity contribution in [3.05, 3.63) is 42.9 Å². The molecular formula is C11H11BrN2O2. The van der Waals surface area contributed by atoms with E-state index in [1.54, 1.807) is 14.1 Å². The van der Waals surface area contributed by atoms with Gasteiger partial charge in [0.15, 0.2) is 0 Å². The van der Waals surface area contributed by atoms with Crippen LogP contribution in [0.5, 0.6) is 0 Å². The van der Waals surface area contributed by atoms with Gasteiger partial charge in [-0.05, 0) is 24.6 Å². The molecule has 0 aliphatic carbocycles. The minimum atomic E-state index is -0.509. The number of hydrogen-bond acceptors (Lipinski definition) is 2. The van der Waals surface area contributed by atoms with Crippen molar-refractivity contribution in [2.75, 3.05) is 0 Å². The number of benzene rings is 1. The van der Waals surface area contributed by atoms with Crippen LogP contribution in [0.25, 0.3) is 11.0 Å².